The predicted molar refractivity (Wildman–Crippen MR) is 126 cm³/mol. The fourth-order valence-electron chi connectivity index (χ4n) is 3.45. The van der Waals surface area contributed by atoms with Crippen LogP contribution in [0.3, 0.4) is 0 Å². The fraction of sp³-hybridized carbons (Fsp3) is 0.167. The Labute approximate surface area is 187 Å². The van der Waals surface area contributed by atoms with E-state index in [2.05, 4.69) is 10.0 Å². The van der Waals surface area contributed by atoms with Crippen LogP contribution in [0, 0.1) is 0 Å². The molecule has 1 amide bonds. The van der Waals surface area contributed by atoms with E-state index in [1.807, 2.05) is 36.7 Å². The highest BCUT2D eigenvalue weighted by Gasteiger charge is 2.16. The van der Waals surface area contributed by atoms with Crippen LogP contribution in [-0.4, -0.2) is 30.4 Å². The van der Waals surface area contributed by atoms with Crippen molar-refractivity contribution in [2.75, 3.05) is 11.3 Å². The first-order valence-corrected chi connectivity index (χ1v) is 11.8. The van der Waals surface area contributed by atoms with Gasteiger partial charge in [0.1, 0.15) is 5.82 Å². The molecular formula is C24H24N4O3S. The quantitative estimate of drug-likeness (QED) is 0.444. The molecule has 1 heterocycles. The van der Waals surface area contributed by atoms with Gasteiger partial charge in [0.25, 0.3) is 15.9 Å². The Bertz CT molecular complexity index is 1360. The third-order valence-corrected chi connectivity index (χ3v) is 6.52. The first-order chi connectivity index (χ1) is 15.4. The molecule has 1 aromatic heterocycles. The van der Waals surface area contributed by atoms with Crippen LogP contribution in [0.5, 0.6) is 0 Å². The normalized spacial score (nSPS) is 11.4. The lowest BCUT2D eigenvalue weighted by molar-refractivity contribution is 0.0953. The second kappa shape index (κ2) is 8.84. The van der Waals surface area contributed by atoms with Crippen molar-refractivity contribution >= 4 is 32.7 Å². The number of aromatic nitrogens is 2. The molecule has 4 rings (SSSR count). The highest BCUT2D eigenvalue weighted by molar-refractivity contribution is 7.92. The van der Waals surface area contributed by atoms with Crippen LogP contribution >= 0.6 is 0 Å². The standard InChI is InChI=1S/C24H24N4O3S/c1-3-15-25-24(29)18-11-9-17(10-12-18)23-26-21-16-19(13-14-22(21)28(23)2)27-32(30,31)20-7-5-4-6-8-20/h4-14,16,27H,3,15H2,1-2H3,(H,25,29). The van der Waals surface area contributed by atoms with E-state index in [-0.39, 0.29) is 10.8 Å². The fourth-order valence-corrected chi connectivity index (χ4v) is 4.52. The van der Waals surface area contributed by atoms with Crippen LogP contribution in [0.4, 0.5) is 5.69 Å². The Balaban J connectivity index is 1.61. The summed E-state index contributed by atoms with van der Waals surface area (Å²) in [6.07, 6.45) is 0.882. The minimum atomic E-state index is -3.68. The van der Waals surface area contributed by atoms with E-state index < -0.39 is 10.0 Å². The summed E-state index contributed by atoms with van der Waals surface area (Å²) in [6.45, 7) is 2.65. The molecule has 0 radical (unpaired) electrons. The third-order valence-electron chi connectivity index (χ3n) is 5.13. The van der Waals surface area contributed by atoms with Crippen LogP contribution < -0.4 is 10.0 Å². The largest absolute Gasteiger partial charge is 0.352 e. The van der Waals surface area contributed by atoms with Gasteiger partial charge in [0.15, 0.2) is 0 Å². The number of fused-ring (bicyclic) bond motifs is 1. The minimum absolute atomic E-state index is 0.0984. The van der Waals surface area contributed by atoms with Gasteiger partial charge in [0.05, 0.1) is 21.6 Å². The zero-order valence-corrected chi connectivity index (χ0v) is 18.7. The number of hydrogen-bond acceptors (Lipinski definition) is 4. The predicted octanol–water partition coefficient (Wildman–Crippen LogP) is 4.18. The second-order valence-corrected chi connectivity index (χ2v) is 9.13. The molecule has 32 heavy (non-hydrogen) atoms. The molecule has 0 aliphatic carbocycles. The molecule has 8 heteroatoms. The number of carbonyl (C=O) groups is 1. The maximum absolute atomic E-state index is 12.6. The van der Waals surface area contributed by atoms with Crippen LogP contribution in [0.2, 0.25) is 0 Å². The summed E-state index contributed by atoms with van der Waals surface area (Å²) in [5.74, 6) is 0.627. The molecule has 7 nitrogen and oxygen atoms in total. The molecule has 0 aliphatic heterocycles. The van der Waals surface area contributed by atoms with E-state index in [9.17, 15) is 13.2 Å². The molecule has 164 valence electrons. The summed E-state index contributed by atoms with van der Waals surface area (Å²) in [5, 5.41) is 2.86. The van der Waals surface area contributed by atoms with E-state index in [1.165, 1.54) is 0 Å². The number of imidazole rings is 1. The lowest BCUT2D eigenvalue weighted by atomic mass is 10.1. The van der Waals surface area contributed by atoms with Crippen molar-refractivity contribution in [2.45, 2.75) is 18.2 Å². The number of amides is 1. The van der Waals surface area contributed by atoms with Crippen LogP contribution in [0.15, 0.2) is 77.7 Å². The zero-order chi connectivity index (χ0) is 22.7. The van der Waals surface area contributed by atoms with Crippen molar-refractivity contribution in [1.82, 2.24) is 14.9 Å². The van der Waals surface area contributed by atoms with Crippen LogP contribution in [0.1, 0.15) is 23.7 Å². The van der Waals surface area contributed by atoms with Crippen molar-refractivity contribution in [2.24, 2.45) is 7.05 Å². The van der Waals surface area contributed by atoms with E-state index in [0.717, 1.165) is 23.3 Å². The summed E-state index contributed by atoms with van der Waals surface area (Å²) in [6, 6.07) is 20.8. The average Bonchev–Trinajstić information content (AvgIpc) is 3.13. The topological polar surface area (TPSA) is 93.1 Å². The van der Waals surface area contributed by atoms with E-state index >= 15 is 0 Å². The molecule has 0 atom stereocenters. The molecule has 0 bridgehead atoms. The van der Waals surface area contributed by atoms with Crippen LogP contribution in [-0.2, 0) is 17.1 Å². The van der Waals surface area contributed by atoms with Crippen molar-refractivity contribution in [3.63, 3.8) is 0 Å². The molecule has 0 aliphatic rings. The molecular weight excluding hydrogens is 424 g/mol. The average molecular weight is 449 g/mol. The number of hydrogen-bond donors (Lipinski definition) is 2. The molecule has 0 unspecified atom stereocenters. The first kappa shape index (κ1) is 21.6. The Morgan fingerprint density at radius 1 is 1.00 bits per heavy atom. The molecule has 4 aromatic rings. The van der Waals surface area contributed by atoms with Crippen molar-refractivity contribution in [3.8, 4) is 11.4 Å². The number of carbonyl (C=O) groups excluding carboxylic acids is 1. The number of nitrogens with one attached hydrogen (secondary N) is 2. The van der Waals surface area contributed by atoms with Gasteiger partial charge in [-0.15, -0.1) is 0 Å². The van der Waals surface area contributed by atoms with Gasteiger partial charge in [-0.1, -0.05) is 37.3 Å². The number of nitrogens with zero attached hydrogens (tertiary/aromatic N) is 2. The first-order valence-electron chi connectivity index (χ1n) is 10.3. The van der Waals surface area contributed by atoms with E-state index in [0.29, 0.717) is 23.3 Å². The minimum Gasteiger partial charge on any atom is -0.352 e. The number of aryl methyl sites for hydroxylation is 1. The van der Waals surface area contributed by atoms with Gasteiger partial charge < -0.3 is 9.88 Å². The van der Waals surface area contributed by atoms with Gasteiger partial charge in [0.2, 0.25) is 0 Å². The summed E-state index contributed by atoms with van der Waals surface area (Å²) in [4.78, 5) is 17.0. The highest BCUT2D eigenvalue weighted by Crippen LogP contribution is 2.27. The smallest absolute Gasteiger partial charge is 0.261 e. The van der Waals surface area contributed by atoms with E-state index in [1.54, 1.807) is 54.6 Å². The zero-order valence-electron chi connectivity index (χ0n) is 17.9. The lowest BCUT2D eigenvalue weighted by Crippen LogP contribution is -2.23. The van der Waals surface area contributed by atoms with E-state index in [4.69, 9.17) is 4.98 Å². The lowest BCUT2D eigenvalue weighted by Gasteiger charge is -2.08. The summed E-state index contributed by atoms with van der Waals surface area (Å²) < 4.78 is 29.8. The Morgan fingerprint density at radius 2 is 1.72 bits per heavy atom. The van der Waals surface area contributed by atoms with Gasteiger partial charge in [-0.2, -0.15) is 0 Å². The molecule has 0 fully saturated rings. The van der Waals surface area contributed by atoms with Crippen molar-refractivity contribution in [1.29, 1.82) is 0 Å². The Morgan fingerprint density at radius 3 is 2.41 bits per heavy atom. The Kier molecular flexibility index (Phi) is 5.96. The van der Waals surface area contributed by atoms with Gasteiger partial charge >= 0.3 is 0 Å². The monoisotopic (exact) mass is 448 g/mol. The Hall–Kier alpha value is -3.65. The van der Waals surface area contributed by atoms with Crippen molar-refractivity contribution in [3.05, 3.63) is 78.4 Å². The number of rotatable bonds is 7. The van der Waals surface area contributed by atoms with Gasteiger partial charge in [-0.25, -0.2) is 13.4 Å². The van der Waals surface area contributed by atoms with Gasteiger partial charge in [0, 0.05) is 24.7 Å². The van der Waals surface area contributed by atoms with Gasteiger partial charge in [-0.05, 0) is 48.9 Å². The molecule has 0 saturated heterocycles. The van der Waals surface area contributed by atoms with Crippen LogP contribution in [0.25, 0.3) is 22.4 Å². The number of anilines is 1. The molecule has 3 aromatic carbocycles. The second-order valence-electron chi connectivity index (χ2n) is 7.45. The summed E-state index contributed by atoms with van der Waals surface area (Å²) in [5.41, 5.74) is 3.43. The van der Waals surface area contributed by atoms with Crippen molar-refractivity contribution < 1.29 is 13.2 Å². The number of sulfonamides is 1. The maximum Gasteiger partial charge on any atom is 0.261 e. The molecule has 0 spiro atoms. The summed E-state index contributed by atoms with van der Waals surface area (Å²) >= 11 is 0. The third kappa shape index (κ3) is 4.36. The molecule has 2 N–H and O–H groups in total. The maximum atomic E-state index is 12.6. The SMILES string of the molecule is CCCNC(=O)c1ccc(-c2nc3cc(NS(=O)(=O)c4ccccc4)ccc3n2C)cc1. The summed E-state index contributed by atoms with van der Waals surface area (Å²) in [7, 11) is -1.78. The van der Waals surface area contributed by atoms with Gasteiger partial charge in [-0.3, -0.25) is 9.52 Å². The molecule has 0 saturated carbocycles. The highest BCUT2D eigenvalue weighted by atomic mass is 32.2. The number of benzene rings is 3.